The zero-order chi connectivity index (χ0) is 23.9. The van der Waals surface area contributed by atoms with Crippen LogP contribution in [0.1, 0.15) is 34.0 Å². The third-order valence-electron chi connectivity index (χ3n) is 6.23. The van der Waals surface area contributed by atoms with Crippen molar-refractivity contribution < 1.29 is 23.7 Å². The molecule has 0 saturated carbocycles. The van der Waals surface area contributed by atoms with Crippen LogP contribution in [0.15, 0.2) is 66.6 Å². The third kappa shape index (κ3) is 3.95. The molecule has 0 spiro atoms. The van der Waals surface area contributed by atoms with Gasteiger partial charge in [0.15, 0.2) is 12.6 Å². The molecule has 0 aliphatic carbocycles. The standard InChI is InChI=1S/C28H22ClNO5/c1-2-30-13-17(22-5-3-4-6-24(22)30)11-26-27(31)23-8-7-21(12-25(23)35-26)33-15-19-10-20(29)9-18-14-32-16-34-28(18)19/h3-13H,2,14-16H2,1H3/b26-11-. The van der Waals surface area contributed by atoms with Gasteiger partial charge in [-0.3, -0.25) is 4.79 Å². The lowest BCUT2D eigenvalue weighted by Crippen LogP contribution is -2.14. The Labute approximate surface area is 207 Å². The van der Waals surface area contributed by atoms with Crippen LogP contribution in [0.5, 0.6) is 17.2 Å². The number of allylic oxidation sites excluding steroid dienone is 1. The number of rotatable bonds is 5. The molecular weight excluding hydrogens is 466 g/mol. The molecule has 3 heterocycles. The number of aryl methyl sites for hydroxylation is 1. The molecule has 0 bridgehead atoms. The Morgan fingerprint density at radius 2 is 2.03 bits per heavy atom. The van der Waals surface area contributed by atoms with Gasteiger partial charge < -0.3 is 23.5 Å². The first-order chi connectivity index (χ1) is 17.1. The highest BCUT2D eigenvalue weighted by molar-refractivity contribution is 6.30. The Morgan fingerprint density at radius 1 is 1.14 bits per heavy atom. The summed E-state index contributed by atoms with van der Waals surface area (Å²) in [6.45, 7) is 3.84. The van der Waals surface area contributed by atoms with E-state index in [0.29, 0.717) is 34.5 Å². The Bertz CT molecular complexity index is 1500. The number of benzene rings is 3. The van der Waals surface area contributed by atoms with Crippen LogP contribution >= 0.6 is 11.6 Å². The topological polar surface area (TPSA) is 58.9 Å². The number of Topliss-reactive ketones (excluding diaryl/α,β-unsaturated/α-hetero) is 1. The highest BCUT2D eigenvalue weighted by Crippen LogP contribution is 2.37. The van der Waals surface area contributed by atoms with Crippen LogP contribution in [0.2, 0.25) is 5.02 Å². The molecule has 35 heavy (non-hydrogen) atoms. The Hall–Kier alpha value is -3.74. The predicted molar refractivity (Wildman–Crippen MR) is 133 cm³/mol. The number of aromatic nitrogens is 1. The van der Waals surface area contributed by atoms with Crippen LogP contribution in [0.3, 0.4) is 0 Å². The molecule has 0 N–H and O–H groups in total. The van der Waals surface area contributed by atoms with Crippen molar-refractivity contribution in [1.29, 1.82) is 0 Å². The van der Waals surface area contributed by atoms with Crippen molar-refractivity contribution in [3.63, 3.8) is 0 Å². The maximum absolute atomic E-state index is 13.0. The van der Waals surface area contributed by atoms with Crippen LogP contribution in [0.4, 0.5) is 0 Å². The van der Waals surface area contributed by atoms with Gasteiger partial charge in [0.05, 0.1) is 12.2 Å². The summed E-state index contributed by atoms with van der Waals surface area (Å²) in [6, 6.07) is 17.0. The second-order valence-electron chi connectivity index (χ2n) is 8.44. The first-order valence-electron chi connectivity index (χ1n) is 11.4. The van der Waals surface area contributed by atoms with E-state index >= 15 is 0 Å². The van der Waals surface area contributed by atoms with E-state index in [4.69, 9.17) is 30.5 Å². The molecule has 176 valence electrons. The quantitative estimate of drug-likeness (QED) is 0.306. The van der Waals surface area contributed by atoms with E-state index in [9.17, 15) is 4.79 Å². The van der Waals surface area contributed by atoms with Gasteiger partial charge in [-0.25, -0.2) is 0 Å². The van der Waals surface area contributed by atoms with Gasteiger partial charge in [-0.15, -0.1) is 0 Å². The number of para-hydroxylation sites is 1. The molecule has 4 aromatic rings. The molecule has 6 nitrogen and oxygen atoms in total. The summed E-state index contributed by atoms with van der Waals surface area (Å²) in [6.07, 6.45) is 3.86. The normalized spacial score (nSPS) is 15.6. The summed E-state index contributed by atoms with van der Waals surface area (Å²) in [4.78, 5) is 13.0. The summed E-state index contributed by atoms with van der Waals surface area (Å²) in [7, 11) is 0. The van der Waals surface area contributed by atoms with E-state index in [0.717, 1.165) is 39.9 Å². The van der Waals surface area contributed by atoms with Gasteiger partial charge in [0.2, 0.25) is 5.78 Å². The minimum atomic E-state index is -0.141. The zero-order valence-corrected chi connectivity index (χ0v) is 19.8. The molecule has 0 atom stereocenters. The van der Waals surface area contributed by atoms with E-state index in [1.165, 1.54) is 0 Å². The number of carbonyl (C=O) groups is 1. The summed E-state index contributed by atoms with van der Waals surface area (Å²) < 4.78 is 25.1. The molecule has 1 aromatic heterocycles. The van der Waals surface area contributed by atoms with Crippen LogP contribution in [-0.2, 0) is 24.5 Å². The van der Waals surface area contributed by atoms with Crippen LogP contribution in [0.25, 0.3) is 17.0 Å². The van der Waals surface area contributed by atoms with E-state index in [1.54, 1.807) is 18.2 Å². The number of halogens is 1. The maximum atomic E-state index is 13.0. The number of hydrogen-bond donors (Lipinski definition) is 0. The first kappa shape index (κ1) is 21.8. The van der Waals surface area contributed by atoms with Crippen molar-refractivity contribution in [2.24, 2.45) is 0 Å². The zero-order valence-electron chi connectivity index (χ0n) is 19.0. The van der Waals surface area contributed by atoms with E-state index in [2.05, 4.69) is 23.6 Å². The van der Waals surface area contributed by atoms with Crippen LogP contribution in [0, 0.1) is 0 Å². The molecule has 0 radical (unpaired) electrons. The van der Waals surface area contributed by atoms with Gasteiger partial charge in [-0.05, 0) is 43.3 Å². The smallest absolute Gasteiger partial charge is 0.231 e. The van der Waals surface area contributed by atoms with Crippen molar-refractivity contribution in [3.8, 4) is 17.2 Å². The molecule has 7 heteroatoms. The molecular formula is C28H22ClNO5. The fourth-order valence-corrected chi connectivity index (χ4v) is 4.84. The van der Waals surface area contributed by atoms with Crippen molar-refractivity contribution in [2.75, 3.05) is 6.79 Å². The van der Waals surface area contributed by atoms with Crippen molar-refractivity contribution in [2.45, 2.75) is 26.7 Å². The Balaban J connectivity index is 1.25. The number of fused-ring (bicyclic) bond motifs is 3. The fourth-order valence-electron chi connectivity index (χ4n) is 4.58. The first-order valence-corrected chi connectivity index (χ1v) is 11.8. The van der Waals surface area contributed by atoms with Gasteiger partial charge in [0, 0.05) is 51.4 Å². The molecule has 0 amide bonds. The lowest BCUT2D eigenvalue weighted by atomic mass is 10.1. The summed E-state index contributed by atoms with van der Waals surface area (Å²) >= 11 is 6.25. The Kier molecular flexibility index (Phi) is 5.47. The minimum Gasteiger partial charge on any atom is -0.489 e. The van der Waals surface area contributed by atoms with Gasteiger partial charge in [-0.1, -0.05) is 29.8 Å². The molecule has 2 aliphatic heterocycles. The predicted octanol–water partition coefficient (Wildman–Crippen LogP) is 6.38. The number of ether oxygens (including phenoxy) is 4. The second-order valence-corrected chi connectivity index (χ2v) is 8.87. The summed E-state index contributed by atoms with van der Waals surface area (Å²) in [5.74, 6) is 1.97. The van der Waals surface area contributed by atoms with Crippen molar-refractivity contribution in [3.05, 3.63) is 93.8 Å². The number of carbonyl (C=O) groups excluding carboxylic acids is 1. The van der Waals surface area contributed by atoms with Crippen LogP contribution in [-0.4, -0.2) is 17.1 Å². The molecule has 3 aromatic carbocycles. The average Bonchev–Trinajstić information content (AvgIpc) is 3.39. The van der Waals surface area contributed by atoms with Crippen molar-refractivity contribution >= 4 is 34.4 Å². The van der Waals surface area contributed by atoms with Crippen molar-refractivity contribution in [1.82, 2.24) is 4.57 Å². The lowest BCUT2D eigenvalue weighted by Gasteiger charge is -2.21. The molecule has 0 unspecified atom stereocenters. The minimum absolute atomic E-state index is 0.141. The summed E-state index contributed by atoms with van der Waals surface area (Å²) in [5, 5.41) is 1.68. The largest absolute Gasteiger partial charge is 0.489 e. The second kappa shape index (κ2) is 8.80. The Morgan fingerprint density at radius 3 is 2.91 bits per heavy atom. The van der Waals surface area contributed by atoms with Gasteiger partial charge >= 0.3 is 0 Å². The third-order valence-corrected chi connectivity index (χ3v) is 6.45. The molecule has 0 saturated heterocycles. The number of hydrogen-bond acceptors (Lipinski definition) is 5. The highest BCUT2D eigenvalue weighted by Gasteiger charge is 2.28. The van der Waals surface area contributed by atoms with E-state index < -0.39 is 0 Å². The lowest BCUT2D eigenvalue weighted by molar-refractivity contribution is -0.0175. The SMILES string of the molecule is CCn1cc(/C=C2\Oc3cc(OCc4cc(Cl)cc5c4OCOC5)ccc3C2=O)c2ccccc21. The van der Waals surface area contributed by atoms with E-state index in [-0.39, 0.29) is 19.2 Å². The van der Waals surface area contributed by atoms with E-state index in [1.807, 2.05) is 36.5 Å². The molecule has 6 rings (SSSR count). The van der Waals surface area contributed by atoms with Gasteiger partial charge in [0.25, 0.3) is 0 Å². The average molecular weight is 488 g/mol. The number of ketones is 1. The van der Waals surface area contributed by atoms with Crippen LogP contribution < -0.4 is 14.2 Å². The fraction of sp³-hybridized carbons (Fsp3) is 0.179. The van der Waals surface area contributed by atoms with Gasteiger partial charge in [0.1, 0.15) is 23.9 Å². The monoisotopic (exact) mass is 487 g/mol. The summed E-state index contributed by atoms with van der Waals surface area (Å²) in [5.41, 5.74) is 4.32. The number of nitrogens with zero attached hydrogens (tertiary/aromatic N) is 1. The van der Waals surface area contributed by atoms with Gasteiger partial charge in [-0.2, -0.15) is 0 Å². The molecule has 2 aliphatic rings. The highest BCUT2D eigenvalue weighted by atomic mass is 35.5. The maximum Gasteiger partial charge on any atom is 0.231 e. The molecule has 0 fully saturated rings.